The minimum atomic E-state index is -0.233. The van der Waals surface area contributed by atoms with Crippen molar-refractivity contribution in [2.75, 3.05) is 46.9 Å². The average molecular weight is 499 g/mol. The van der Waals surface area contributed by atoms with Crippen molar-refractivity contribution in [2.24, 2.45) is 5.10 Å². The summed E-state index contributed by atoms with van der Waals surface area (Å²) in [6.45, 7) is 4.89. The first-order valence-corrected chi connectivity index (χ1v) is 12.8. The summed E-state index contributed by atoms with van der Waals surface area (Å²) in [5.74, 6) is 1.42. The molecule has 0 radical (unpaired) electrons. The van der Waals surface area contributed by atoms with Crippen molar-refractivity contribution >= 4 is 11.6 Å². The van der Waals surface area contributed by atoms with E-state index in [0.29, 0.717) is 24.5 Å². The molecule has 3 aromatic carbocycles. The van der Waals surface area contributed by atoms with E-state index in [1.165, 1.54) is 5.56 Å². The van der Waals surface area contributed by atoms with Crippen LogP contribution < -0.4 is 9.47 Å². The quantitative estimate of drug-likeness (QED) is 0.466. The Hall–Kier alpha value is -3.68. The van der Waals surface area contributed by atoms with Gasteiger partial charge in [0.25, 0.3) is 5.91 Å². The molecule has 0 aliphatic carbocycles. The number of piperazine rings is 1. The highest BCUT2D eigenvalue weighted by Gasteiger charge is 2.35. The number of ether oxygens (including phenoxy) is 2. The molecule has 0 saturated carbocycles. The lowest BCUT2D eigenvalue weighted by molar-refractivity contribution is -0.134. The highest BCUT2D eigenvalue weighted by Crippen LogP contribution is 2.39. The van der Waals surface area contributed by atoms with Gasteiger partial charge in [-0.3, -0.25) is 14.6 Å². The fraction of sp³-hybridized carbons (Fsp3) is 0.333. The second kappa shape index (κ2) is 11.6. The zero-order valence-electron chi connectivity index (χ0n) is 21.5. The molecule has 1 saturated heterocycles. The number of hydrazone groups is 1. The maximum absolute atomic E-state index is 13.7. The lowest BCUT2D eigenvalue weighted by Gasteiger charge is -2.35. The van der Waals surface area contributed by atoms with Crippen LogP contribution in [0.25, 0.3) is 0 Å². The monoisotopic (exact) mass is 498 g/mol. The van der Waals surface area contributed by atoms with E-state index in [-0.39, 0.29) is 11.9 Å². The molecule has 1 atom stereocenters. The summed E-state index contributed by atoms with van der Waals surface area (Å²) in [4.78, 5) is 18.4. The molecule has 2 heterocycles. The second-order valence-electron chi connectivity index (χ2n) is 9.52. The van der Waals surface area contributed by atoms with Crippen molar-refractivity contribution in [3.63, 3.8) is 0 Å². The van der Waals surface area contributed by atoms with Crippen molar-refractivity contribution in [3.8, 4) is 11.5 Å². The van der Waals surface area contributed by atoms with Gasteiger partial charge in [0.2, 0.25) is 0 Å². The molecule has 7 heteroatoms. The topological polar surface area (TPSA) is 57.6 Å². The molecule has 2 aliphatic heterocycles. The van der Waals surface area contributed by atoms with E-state index < -0.39 is 0 Å². The maximum Gasteiger partial charge on any atom is 0.257 e. The summed E-state index contributed by atoms with van der Waals surface area (Å²) in [6, 6.07) is 26.1. The molecule has 192 valence electrons. The van der Waals surface area contributed by atoms with Crippen LogP contribution in [0.1, 0.15) is 29.2 Å². The summed E-state index contributed by atoms with van der Waals surface area (Å²) in [5, 5.41) is 6.52. The fourth-order valence-corrected chi connectivity index (χ4v) is 5.09. The molecule has 7 nitrogen and oxygen atoms in total. The highest BCUT2D eigenvalue weighted by atomic mass is 16.5. The normalized spacial score (nSPS) is 18.5. The van der Waals surface area contributed by atoms with Crippen molar-refractivity contribution in [1.82, 2.24) is 14.8 Å². The summed E-state index contributed by atoms with van der Waals surface area (Å²) in [6.07, 6.45) is 0.628. The van der Waals surface area contributed by atoms with Gasteiger partial charge in [-0.1, -0.05) is 60.7 Å². The van der Waals surface area contributed by atoms with Gasteiger partial charge in [0.1, 0.15) is 11.5 Å². The lowest BCUT2D eigenvalue weighted by atomic mass is 9.97. The van der Waals surface area contributed by atoms with Gasteiger partial charge in [0.15, 0.2) is 0 Å². The molecule has 0 N–H and O–H groups in total. The number of carbonyl (C=O) groups excluding carboxylic acids is 1. The number of hydrogen-bond donors (Lipinski definition) is 0. The number of methoxy groups -OCH3 is 2. The molecular weight excluding hydrogens is 464 g/mol. The van der Waals surface area contributed by atoms with Crippen LogP contribution in [0.3, 0.4) is 0 Å². The Balaban J connectivity index is 1.30. The lowest BCUT2D eigenvalue weighted by Crippen LogP contribution is -2.49. The van der Waals surface area contributed by atoms with E-state index in [9.17, 15) is 4.79 Å². The van der Waals surface area contributed by atoms with Crippen molar-refractivity contribution < 1.29 is 14.3 Å². The molecule has 1 amide bonds. The van der Waals surface area contributed by atoms with E-state index in [2.05, 4.69) is 34.1 Å². The van der Waals surface area contributed by atoms with Crippen molar-refractivity contribution in [3.05, 3.63) is 95.6 Å². The molecule has 0 spiro atoms. The van der Waals surface area contributed by atoms with Crippen molar-refractivity contribution in [1.29, 1.82) is 0 Å². The number of amides is 1. The Morgan fingerprint density at radius 2 is 1.54 bits per heavy atom. The van der Waals surface area contributed by atoms with Crippen LogP contribution in [0.5, 0.6) is 11.5 Å². The number of benzene rings is 3. The molecular formula is C30H34N4O3. The van der Waals surface area contributed by atoms with Gasteiger partial charge in [-0.05, 0) is 23.3 Å². The first-order valence-electron chi connectivity index (χ1n) is 12.8. The average Bonchev–Trinajstić information content (AvgIpc) is 3.40. The van der Waals surface area contributed by atoms with E-state index in [0.717, 1.165) is 49.6 Å². The van der Waals surface area contributed by atoms with Crippen LogP contribution in [0.15, 0.2) is 84.0 Å². The minimum absolute atomic E-state index is 0.00492. The Morgan fingerprint density at radius 1 is 0.865 bits per heavy atom. The Kier molecular flexibility index (Phi) is 7.82. The van der Waals surface area contributed by atoms with Crippen LogP contribution in [0.4, 0.5) is 0 Å². The predicted octanol–water partition coefficient (Wildman–Crippen LogP) is 4.20. The number of hydrogen-bond acceptors (Lipinski definition) is 6. The first kappa shape index (κ1) is 25.0. The SMILES string of the molecule is COc1ccc(C2CC(c3ccccc3)=NN2C(=O)CN2CCN(Cc3ccccc3)CC2)c(OC)c1. The van der Waals surface area contributed by atoms with Gasteiger partial charge in [-0.15, -0.1) is 0 Å². The Morgan fingerprint density at radius 3 is 2.22 bits per heavy atom. The summed E-state index contributed by atoms with van der Waals surface area (Å²) < 4.78 is 11.1. The highest BCUT2D eigenvalue weighted by molar-refractivity contribution is 6.03. The van der Waals surface area contributed by atoms with E-state index in [4.69, 9.17) is 14.6 Å². The van der Waals surface area contributed by atoms with Gasteiger partial charge in [0, 0.05) is 50.8 Å². The Labute approximate surface area is 218 Å². The van der Waals surface area contributed by atoms with Gasteiger partial charge < -0.3 is 9.47 Å². The molecule has 0 aromatic heterocycles. The number of rotatable bonds is 8. The summed E-state index contributed by atoms with van der Waals surface area (Å²) in [7, 11) is 3.28. The van der Waals surface area contributed by atoms with Crippen LogP contribution >= 0.6 is 0 Å². The van der Waals surface area contributed by atoms with Crippen molar-refractivity contribution in [2.45, 2.75) is 19.0 Å². The summed E-state index contributed by atoms with van der Waals surface area (Å²) in [5.41, 5.74) is 4.19. The number of carbonyl (C=O) groups is 1. The standard InChI is InChI=1S/C30H34N4O3/c1-36-25-13-14-26(29(19-25)37-2)28-20-27(24-11-7-4-8-12-24)31-34(28)30(35)22-33-17-15-32(16-18-33)21-23-9-5-3-6-10-23/h3-14,19,28H,15-18,20-22H2,1-2H3. The third-order valence-corrected chi connectivity index (χ3v) is 7.15. The molecule has 37 heavy (non-hydrogen) atoms. The molecule has 3 aromatic rings. The van der Waals surface area contributed by atoms with E-state index >= 15 is 0 Å². The second-order valence-corrected chi connectivity index (χ2v) is 9.52. The number of nitrogens with zero attached hydrogens (tertiary/aromatic N) is 4. The van der Waals surface area contributed by atoms with E-state index in [1.54, 1.807) is 19.2 Å². The summed E-state index contributed by atoms with van der Waals surface area (Å²) >= 11 is 0. The first-order chi connectivity index (χ1) is 18.1. The van der Waals surface area contributed by atoms with Gasteiger partial charge in [0.05, 0.1) is 32.5 Å². The van der Waals surface area contributed by atoms with Crippen LogP contribution in [-0.4, -0.2) is 73.4 Å². The minimum Gasteiger partial charge on any atom is -0.497 e. The molecule has 1 unspecified atom stereocenters. The third kappa shape index (κ3) is 5.84. The largest absolute Gasteiger partial charge is 0.497 e. The van der Waals surface area contributed by atoms with E-state index in [1.807, 2.05) is 54.6 Å². The molecule has 2 aliphatic rings. The van der Waals surface area contributed by atoms with Gasteiger partial charge in [-0.25, -0.2) is 5.01 Å². The van der Waals surface area contributed by atoms with Crippen LogP contribution in [0, 0.1) is 0 Å². The molecule has 1 fully saturated rings. The van der Waals surface area contributed by atoms with Crippen LogP contribution in [0.2, 0.25) is 0 Å². The Bertz CT molecular complexity index is 1220. The zero-order chi connectivity index (χ0) is 25.6. The molecule has 0 bridgehead atoms. The molecule has 5 rings (SSSR count). The van der Waals surface area contributed by atoms with Crippen LogP contribution in [-0.2, 0) is 11.3 Å². The zero-order valence-corrected chi connectivity index (χ0v) is 21.5. The van der Waals surface area contributed by atoms with Gasteiger partial charge >= 0.3 is 0 Å². The van der Waals surface area contributed by atoms with Gasteiger partial charge in [-0.2, -0.15) is 5.10 Å². The fourth-order valence-electron chi connectivity index (χ4n) is 5.09. The smallest absolute Gasteiger partial charge is 0.257 e. The predicted molar refractivity (Wildman–Crippen MR) is 145 cm³/mol. The maximum atomic E-state index is 13.7. The third-order valence-electron chi connectivity index (χ3n) is 7.15.